The van der Waals surface area contributed by atoms with E-state index in [1.165, 1.54) is 6.08 Å². The first kappa shape index (κ1) is 19.2. The van der Waals surface area contributed by atoms with Gasteiger partial charge in [-0.15, -0.1) is 0 Å². The Bertz CT molecular complexity index is 933. The highest BCUT2D eigenvalue weighted by Gasteiger charge is 2.11. The highest BCUT2D eigenvalue weighted by molar-refractivity contribution is 5.86. The van der Waals surface area contributed by atoms with E-state index in [2.05, 4.69) is 17.0 Å². The van der Waals surface area contributed by atoms with Crippen LogP contribution in [0, 0.1) is 0 Å². The number of aromatic nitrogens is 2. The molecule has 0 unspecified atom stereocenters. The fraction of sp³-hybridized carbons (Fsp3) is 0.182. The second-order valence-corrected chi connectivity index (χ2v) is 6.29. The van der Waals surface area contributed by atoms with Crippen molar-refractivity contribution in [3.63, 3.8) is 0 Å². The average molecular weight is 376 g/mol. The molecule has 6 heteroatoms. The van der Waals surface area contributed by atoms with Gasteiger partial charge in [-0.05, 0) is 42.5 Å². The zero-order valence-electron chi connectivity index (χ0n) is 16.1. The molecule has 0 saturated carbocycles. The lowest BCUT2D eigenvalue weighted by Crippen LogP contribution is -2.28. The average Bonchev–Trinajstić information content (AvgIpc) is 3.16. The number of carbonyl (C=O) groups excluding carboxylic acids is 1. The van der Waals surface area contributed by atoms with Crippen LogP contribution in [0.4, 0.5) is 5.82 Å². The monoisotopic (exact) mass is 376 g/mol. The number of amides is 1. The molecule has 0 aliphatic rings. The topological polar surface area (TPSA) is 59.4 Å². The van der Waals surface area contributed by atoms with E-state index in [4.69, 9.17) is 4.74 Å². The molecule has 1 heterocycles. The minimum absolute atomic E-state index is 0.104. The standard InChI is InChI=1S/C22H24N4O2/c1-4-22(27)25(3)14-15-26-21(23-2)16-20(24-26)17-10-12-19(13-11-17)28-18-8-6-5-7-9-18/h4-13,16,23H,1,14-15H2,2-3H3. The molecule has 1 aromatic heterocycles. The highest BCUT2D eigenvalue weighted by Crippen LogP contribution is 2.26. The van der Waals surface area contributed by atoms with Gasteiger partial charge in [0.25, 0.3) is 0 Å². The van der Waals surface area contributed by atoms with Crippen LogP contribution < -0.4 is 10.1 Å². The van der Waals surface area contributed by atoms with E-state index >= 15 is 0 Å². The highest BCUT2D eigenvalue weighted by atomic mass is 16.5. The Labute approximate surface area is 165 Å². The SMILES string of the molecule is C=CC(=O)N(C)CCn1nc(-c2ccc(Oc3ccccc3)cc2)cc1NC. The molecule has 0 aliphatic heterocycles. The van der Waals surface area contributed by atoms with Gasteiger partial charge in [0, 0.05) is 32.3 Å². The molecule has 28 heavy (non-hydrogen) atoms. The summed E-state index contributed by atoms with van der Waals surface area (Å²) in [6, 6.07) is 19.5. The maximum atomic E-state index is 11.6. The van der Waals surface area contributed by atoms with E-state index < -0.39 is 0 Å². The molecule has 0 spiro atoms. The first-order valence-corrected chi connectivity index (χ1v) is 9.07. The maximum Gasteiger partial charge on any atom is 0.245 e. The molecule has 0 fully saturated rings. The van der Waals surface area contributed by atoms with Crippen LogP contribution in [-0.4, -0.2) is 41.2 Å². The third-order valence-electron chi connectivity index (χ3n) is 4.36. The molecule has 144 valence electrons. The zero-order valence-corrected chi connectivity index (χ0v) is 16.1. The third kappa shape index (κ3) is 4.59. The molecule has 3 rings (SSSR count). The molecular weight excluding hydrogens is 352 g/mol. The molecule has 1 amide bonds. The lowest BCUT2D eigenvalue weighted by atomic mass is 10.1. The number of hydrogen-bond donors (Lipinski definition) is 1. The van der Waals surface area contributed by atoms with Gasteiger partial charge in [0.2, 0.25) is 5.91 Å². The van der Waals surface area contributed by atoms with Crippen LogP contribution in [0.15, 0.2) is 73.3 Å². The summed E-state index contributed by atoms with van der Waals surface area (Å²) >= 11 is 0. The van der Waals surface area contributed by atoms with Gasteiger partial charge in [-0.25, -0.2) is 4.68 Å². The molecule has 0 saturated heterocycles. The van der Waals surface area contributed by atoms with Gasteiger partial charge >= 0.3 is 0 Å². The number of ether oxygens (including phenoxy) is 1. The zero-order chi connectivity index (χ0) is 19.9. The van der Waals surface area contributed by atoms with Crippen molar-refractivity contribution in [1.29, 1.82) is 0 Å². The van der Waals surface area contributed by atoms with Crippen molar-refractivity contribution in [2.24, 2.45) is 0 Å². The van der Waals surface area contributed by atoms with Crippen LogP contribution in [0.2, 0.25) is 0 Å². The predicted molar refractivity (Wildman–Crippen MR) is 112 cm³/mol. The lowest BCUT2D eigenvalue weighted by Gasteiger charge is -2.15. The van der Waals surface area contributed by atoms with Crippen LogP contribution in [0.1, 0.15) is 0 Å². The van der Waals surface area contributed by atoms with Crippen molar-refractivity contribution in [2.75, 3.05) is 26.0 Å². The quantitative estimate of drug-likeness (QED) is 0.603. The van der Waals surface area contributed by atoms with Crippen LogP contribution in [0.5, 0.6) is 11.5 Å². The molecule has 3 aromatic rings. The van der Waals surface area contributed by atoms with Crippen LogP contribution in [0.25, 0.3) is 11.3 Å². The van der Waals surface area contributed by atoms with E-state index in [1.807, 2.05) is 72.4 Å². The summed E-state index contributed by atoms with van der Waals surface area (Å²) in [6.45, 7) is 4.64. The van der Waals surface area contributed by atoms with Gasteiger partial charge in [-0.2, -0.15) is 5.10 Å². The fourth-order valence-electron chi connectivity index (χ4n) is 2.76. The minimum Gasteiger partial charge on any atom is -0.457 e. The number of anilines is 1. The smallest absolute Gasteiger partial charge is 0.245 e. The maximum absolute atomic E-state index is 11.6. The first-order valence-electron chi connectivity index (χ1n) is 9.07. The summed E-state index contributed by atoms with van der Waals surface area (Å²) < 4.78 is 7.69. The summed E-state index contributed by atoms with van der Waals surface area (Å²) in [5, 5.41) is 7.82. The number of hydrogen-bond acceptors (Lipinski definition) is 4. The molecule has 6 nitrogen and oxygen atoms in total. The Morgan fingerprint density at radius 3 is 2.50 bits per heavy atom. The van der Waals surface area contributed by atoms with Crippen LogP contribution >= 0.6 is 0 Å². The van der Waals surface area contributed by atoms with E-state index in [-0.39, 0.29) is 5.91 Å². The molecule has 0 atom stereocenters. The van der Waals surface area contributed by atoms with Gasteiger partial charge in [-0.1, -0.05) is 24.8 Å². The molecule has 0 aliphatic carbocycles. The van der Waals surface area contributed by atoms with Crippen molar-refractivity contribution in [3.05, 3.63) is 73.3 Å². The molecule has 2 aromatic carbocycles. The number of rotatable bonds is 8. The molecule has 0 radical (unpaired) electrons. The van der Waals surface area contributed by atoms with Gasteiger partial charge < -0.3 is 15.0 Å². The van der Waals surface area contributed by atoms with Crippen molar-refractivity contribution < 1.29 is 9.53 Å². The Balaban J connectivity index is 1.72. The number of nitrogens with one attached hydrogen (secondary N) is 1. The van der Waals surface area contributed by atoms with E-state index in [9.17, 15) is 4.79 Å². The van der Waals surface area contributed by atoms with Gasteiger partial charge in [0.05, 0.1) is 12.2 Å². The second-order valence-electron chi connectivity index (χ2n) is 6.29. The molecule has 0 bridgehead atoms. The van der Waals surface area contributed by atoms with Crippen molar-refractivity contribution in [1.82, 2.24) is 14.7 Å². The fourth-order valence-corrected chi connectivity index (χ4v) is 2.76. The first-order chi connectivity index (χ1) is 13.6. The largest absolute Gasteiger partial charge is 0.457 e. The van der Waals surface area contributed by atoms with Crippen LogP contribution in [0.3, 0.4) is 0 Å². The van der Waals surface area contributed by atoms with Crippen molar-refractivity contribution in [3.8, 4) is 22.8 Å². The number of para-hydroxylation sites is 1. The summed E-state index contributed by atoms with van der Waals surface area (Å²) in [5.41, 5.74) is 1.85. The number of benzene rings is 2. The summed E-state index contributed by atoms with van der Waals surface area (Å²) in [7, 11) is 3.60. The lowest BCUT2D eigenvalue weighted by molar-refractivity contribution is -0.124. The Morgan fingerprint density at radius 2 is 1.86 bits per heavy atom. The summed E-state index contributed by atoms with van der Waals surface area (Å²) in [5.74, 6) is 2.36. The van der Waals surface area contributed by atoms with Gasteiger partial charge in [0.1, 0.15) is 17.3 Å². The predicted octanol–water partition coefficient (Wildman–Crippen LogP) is 4.03. The molecular formula is C22H24N4O2. The minimum atomic E-state index is -0.104. The van der Waals surface area contributed by atoms with Gasteiger partial charge in [-0.3, -0.25) is 4.79 Å². The summed E-state index contributed by atoms with van der Waals surface area (Å²) in [4.78, 5) is 13.2. The third-order valence-corrected chi connectivity index (χ3v) is 4.36. The van der Waals surface area contributed by atoms with E-state index in [0.717, 1.165) is 28.6 Å². The van der Waals surface area contributed by atoms with E-state index in [1.54, 1.807) is 11.9 Å². The van der Waals surface area contributed by atoms with Crippen molar-refractivity contribution in [2.45, 2.75) is 6.54 Å². The Kier molecular flexibility index (Phi) is 6.11. The number of carbonyl (C=O) groups is 1. The van der Waals surface area contributed by atoms with Crippen LogP contribution in [-0.2, 0) is 11.3 Å². The number of nitrogens with zero attached hydrogens (tertiary/aromatic N) is 3. The number of likely N-dealkylation sites (N-methyl/N-ethyl adjacent to an activating group) is 1. The summed E-state index contributed by atoms with van der Waals surface area (Å²) in [6.07, 6.45) is 1.31. The second kappa shape index (κ2) is 8.90. The Morgan fingerprint density at radius 1 is 1.18 bits per heavy atom. The van der Waals surface area contributed by atoms with Crippen molar-refractivity contribution >= 4 is 11.7 Å². The normalized spacial score (nSPS) is 10.4. The van der Waals surface area contributed by atoms with Gasteiger partial charge in [0.15, 0.2) is 0 Å². The Hall–Kier alpha value is -3.54. The molecule has 1 N–H and O–H groups in total. The van der Waals surface area contributed by atoms with E-state index in [0.29, 0.717) is 13.1 Å².